The highest BCUT2D eigenvalue weighted by Gasteiger charge is 2.42. The van der Waals surface area contributed by atoms with Crippen molar-refractivity contribution in [3.63, 3.8) is 0 Å². The van der Waals surface area contributed by atoms with Gasteiger partial charge < -0.3 is 15.8 Å². The number of carbonyl (C=O) groups is 2. The molecule has 12 nitrogen and oxygen atoms in total. The normalized spacial score (nSPS) is 19.1. The van der Waals surface area contributed by atoms with Gasteiger partial charge in [0.25, 0.3) is 5.91 Å². The minimum Gasteiger partial charge on any atom is -0.447 e. The smallest absolute Gasteiger partial charge is 0.407 e. The lowest BCUT2D eigenvalue weighted by Crippen LogP contribution is -2.43. The maximum absolute atomic E-state index is 13.9. The number of carbonyl (C=O) groups excluding carboxylic acids is 2. The van der Waals surface area contributed by atoms with Crippen molar-refractivity contribution in [2.45, 2.75) is 71.5 Å². The molecule has 1 fully saturated rings. The third kappa shape index (κ3) is 10.2. The first-order valence-corrected chi connectivity index (χ1v) is 15.9. The van der Waals surface area contributed by atoms with Gasteiger partial charge in [0.15, 0.2) is 12.0 Å². The summed E-state index contributed by atoms with van der Waals surface area (Å²) in [6, 6.07) is 7.15. The van der Waals surface area contributed by atoms with E-state index in [1.165, 1.54) is 30.6 Å². The molecule has 4 unspecified atom stereocenters. The van der Waals surface area contributed by atoms with Crippen LogP contribution < -0.4 is 16.1 Å². The van der Waals surface area contributed by atoms with Gasteiger partial charge in [-0.25, -0.2) is 23.9 Å². The number of halogens is 6. The number of anilines is 1. The maximum Gasteiger partial charge on any atom is 0.407 e. The quantitative estimate of drug-likeness (QED) is 0.0668. The van der Waals surface area contributed by atoms with Crippen LogP contribution in [0.3, 0.4) is 0 Å². The molecule has 1 aromatic heterocycles. The molecule has 2 aliphatic rings. The Labute approximate surface area is 295 Å². The van der Waals surface area contributed by atoms with Gasteiger partial charge in [0.1, 0.15) is 19.1 Å². The summed E-state index contributed by atoms with van der Waals surface area (Å²) < 4.78 is 72.8. The molecule has 3 N–H and O–H groups in total. The largest absolute Gasteiger partial charge is 0.447 e. The first kappa shape index (κ1) is 38.7. The Morgan fingerprint density at radius 2 is 1.82 bits per heavy atom. The first-order valence-electron chi connectivity index (χ1n) is 15.5. The number of nitrogens with one attached hydrogen (secondary N) is 1. The lowest BCUT2D eigenvalue weighted by molar-refractivity contribution is -0.129. The van der Waals surface area contributed by atoms with Gasteiger partial charge in [-0.05, 0) is 41.0 Å². The lowest BCUT2D eigenvalue weighted by Gasteiger charge is -2.29. The number of aliphatic imine (C=N–C) groups is 2. The second-order valence-corrected chi connectivity index (χ2v) is 13.5. The van der Waals surface area contributed by atoms with E-state index in [0.29, 0.717) is 26.8 Å². The SMILES string of the molecule is C=N/C=N\N(c1cc(C(COC(=O)NC2CC2F)N2C(=O)C(c3ccc(-c4cnn(C(F)F)c4)cc3)N=C2N)ccc1Cl)C(F)F.CC(C)(C)C. The lowest BCUT2D eigenvalue weighted by atomic mass is 10.0. The zero-order valence-electron chi connectivity index (χ0n) is 28.1. The Balaban J connectivity index is 0.00000109. The molecule has 1 aliphatic heterocycles. The third-order valence-corrected chi connectivity index (χ3v) is 7.40. The molecule has 3 aromatic rings. The van der Waals surface area contributed by atoms with E-state index >= 15 is 0 Å². The molecule has 274 valence electrons. The highest BCUT2D eigenvalue weighted by atomic mass is 35.5. The summed E-state index contributed by atoms with van der Waals surface area (Å²) in [5, 5.41) is 9.66. The van der Waals surface area contributed by atoms with Crippen molar-refractivity contribution in [2.75, 3.05) is 11.6 Å². The number of hydrogen-bond acceptors (Lipinski definition) is 8. The van der Waals surface area contributed by atoms with E-state index in [9.17, 15) is 31.5 Å². The zero-order valence-corrected chi connectivity index (χ0v) is 28.8. The minimum atomic E-state index is -3.16. The predicted molar refractivity (Wildman–Crippen MR) is 184 cm³/mol. The van der Waals surface area contributed by atoms with Crippen LogP contribution in [0.4, 0.5) is 32.4 Å². The fraction of sp³-hybridized carbons (Fsp3) is 0.394. The Bertz CT molecular complexity index is 1760. The highest BCUT2D eigenvalue weighted by Crippen LogP contribution is 2.37. The molecule has 0 spiro atoms. The van der Waals surface area contributed by atoms with Crippen molar-refractivity contribution in [1.29, 1.82) is 0 Å². The van der Waals surface area contributed by atoms with Gasteiger partial charge >= 0.3 is 19.2 Å². The standard InChI is InChI=1S/C28H25ClF5N9O3.C5H12/c1-36-13-38-43(26(33)34)21-8-16(6-7-18(21)29)22(12-46-28(45)39-20-9-19(20)30)42-24(44)23(40-27(42)35)15-4-2-14(3-5-15)17-10-37-41(11-17)25(31)32;1-5(2,3)4/h2-8,10-11,13,19-20,22-23,25-26H,1,9,12H2,(H2,35,40)(H,39,45);1-4H3/b38-13-;. The van der Waals surface area contributed by atoms with E-state index in [-0.39, 0.29) is 33.7 Å². The summed E-state index contributed by atoms with van der Waals surface area (Å²) in [6.07, 6.45) is 1.18. The number of nitrogens with two attached hydrogens (primary N) is 1. The van der Waals surface area contributed by atoms with Crippen LogP contribution in [0.25, 0.3) is 11.1 Å². The number of hydrazone groups is 1. The molecule has 0 saturated heterocycles. The maximum atomic E-state index is 13.9. The van der Waals surface area contributed by atoms with Gasteiger partial charge in [0.05, 0.1) is 29.0 Å². The number of hydrogen-bond donors (Lipinski definition) is 2. The molecule has 2 amide bonds. The van der Waals surface area contributed by atoms with E-state index in [1.807, 2.05) is 0 Å². The second kappa shape index (κ2) is 16.3. The zero-order chi connectivity index (χ0) is 37.6. The number of nitrogens with zero attached hydrogens (tertiary/aromatic N) is 7. The molecule has 4 atom stereocenters. The topological polar surface area (TPSA) is 143 Å². The van der Waals surface area contributed by atoms with Crippen LogP contribution in [0.15, 0.2) is 69.9 Å². The Morgan fingerprint density at radius 3 is 2.37 bits per heavy atom. The fourth-order valence-electron chi connectivity index (χ4n) is 4.68. The summed E-state index contributed by atoms with van der Waals surface area (Å²) in [4.78, 5) is 34.9. The van der Waals surface area contributed by atoms with Crippen LogP contribution in [-0.2, 0) is 9.53 Å². The number of amides is 2. The van der Waals surface area contributed by atoms with Crippen LogP contribution in [0.1, 0.15) is 63.9 Å². The molecule has 2 aromatic carbocycles. The van der Waals surface area contributed by atoms with Crippen molar-refractivity contribution >= 4 is 48.3 Å². The van der Waals surface area contributed by atoms with Gasteiger partial charge in [0, 0.05) is 18.2 Å². The van der Waals surface area contributed by atoms with Gasteiger partial charge in [-0.1, -0.05) is 69.6 Å². The molecular formula is C33H37ClF5N9O3. The summed E-state index contributed by atoms with van der Waals surface area (Å²) >= 11 is 6.22. The molecule has 0 bridgehead atoms. The van der Waals surface area contributed by atoms with Crippen LogP contribution >= 0.6 is 11.6 Å². The summed E-state index contributed by atoms with van der Waals surface area (Å²) in [5.41, 5.74) is 7.96. The third-order valence-electron chi connectivity index (χ3n) is 7.08. The molecule has 51 heavy (non-hydrogen) atoms. The first-order chi connectivity index (χ1) is 24.0. The summed E-state index contributed by atoms with van der Waals surface area (Å²) in [6.45, 7) is 5.42. The monoisotopic (exact) mass is 737 g/mol. The Hall–Kier alpha value is -5.06. The second-order valence-electron chi connectivity index (χ2n) is 13.1. The van der Waals surface area contributed by atoms with Crippen LogP contribution in [0.2, 0.25) is 5.02 Å². The van der Waals surface area contributed by atoms with Gasteiger partial charge in [0.2, 0.25) is 0 Å². The number of aromatic nitrogens is 2. The predicted octanol–water partition coefficient (Wildman–Crippen LogP) is 7.10. The van der Waals surface area contributed by atoms with Crippen molar-refractivity contribution in [2.24, 2.45) is 26.2 Å². The average Bonchev–Trinajstić information content (AvgIpc) is 3.40. The summed E-state index contributed by atoms with van der Waals surface area (Å²) in [7, 11) is 0. The average molecular weight is 738 g/mol. The number of alkyl halides is 5. The molecule has 1 saturated carbocycles. The van der Waals surface area contributed by atoms with Crippen LogP contribution in [0, 0.1) is 5.41 Å². The number of ether oxygens (including phenoxy) is 1. The highest BCUT2D eigenvalue weighted by molar-refractivity contribution is 6.33. The molecule has 18 heteroatoms. The number of alkyl carbamates (subject to hydrolysis) is 1. The Morgan fingerprint density at radius 1 is 1.18 bits per heavy atom. The summed E-state index contributed by atoms with van der Waals surface area (Å²) in [5.74, 6) is -0.916. The van der Waals surface area contributed by atoms with Crippen LogP contribution in [0.5, 0.6) is 0 Å². The van der Waals surface area contributed by atoms with Crippen molar-refractivity contribution in [3.05, 3.63) is 71.0 Å². The van der Waals surface area contributed by atoms with Crippen molar-refractivity contribution in [3.8, 4) is 11.1 Å². The Kier molecular flexibility index (Phi) is 12.4. The van der Waals surface area contributed by atoms with E-state index in [2.05, 4.69) is 59.9 Å². The molecule has 1 aliphatic carbocycles. The molecule has 5 rings (SSSR count). The van der Waals surface area contributed by atoms with E-state index in [4.69, 9.17) is 22.1 Å². The van der Waals surface area contributed by atoms with Gasteiger partial charge in [-0.15, -0.1) is 0 Å². The van der Waals surface area contributed by atoms with E-state index < -0.39 is 56.0 Å². The molecular weight excluding hydrogens is 701 g/mol. The number of guanidine groups is 1. The molecule has 0 radical (unpaired) electrons. The van der Waals surface area contributed by atoms with Crippen molar-refractivity contribution in [1.82, 2.24) is 20.0 Å². The van der Waals surface area contributed by atoms with Gasteiger partial charge in [-0.2, -0.15) is 27.8 Å². The van der Waals surface area contributed by atoms with Gasteiger partial charge in [-0.3, -0.25) is 14.7 Å². The molecule has 2 heterocycles. The number of rotatable bonds is 12. The van der Waals surface area contributed by atoms with Crippen LogP contribution in [-0.4, -0.2) is 71.1 Å². The fourth-order valence-corrected chi connectivity index (χ4v) is 4.88. The van der Waals surface area contributed by atoms with E-state index in [1.54, 1.807) is 24.3 Å². The van der Waals surface area contributed by atoms with Crippen molar-refractivity contribution < 1.29 is 36.3 Å². The van der Waals surface area contributed by atoms with E-state index in [0.717, 1.165) is 11.2 Å². The minimum absolute atomic E-state index is 0.127. The number of benzene rings is 2.